The van der Waals surface area contributed by atoms with Crippen LogP contribution in [-0.2, 0) is 4.79 Å². The van der Waals surface area contributed by atoms with Crippen LogP contribution in [0.15, 0.2) is 29.2 Å². The van der Waals surface area contributed by atoms with Crippen LogP contribution < -0.4 is 10.2 Å². The highest BCUT2D eigenvalue weighted by Crippen LogP contribution is 2.31. The van der Waals surface area contributed by atoms with Gasteiger partial charge in [0.2, 0.25) is 0 Å². The molecule has 0 aliphatic carbocycles. The standard InChI is InChI=1S/C20H32N2O3S/c1-4-7-8-14-25-18-16-17(10-12-20(23)21-24)9-11-19(18)26-15-13-22(5-2)6-3/h9-12,16,24H,4-8,13-15H2,1-3H3,(H,21,23). The Bertz CT molecular complexity index is 560. The van der Waals surface area contributed by atoms with Crippen LogP contribution in [0.2, 0.25) is 0 Å². The van der Waals surface area contributed by atoms with Crippen molar-refractivity contribution in [3.8, 4) is 5.75 Å². The van der Waals surface area contributed by atoms with Crippen molar-refractivity contribution in [2.24, 2.45) is 0 Å². The number of nitrogens with one attached hydrogen (secondary N) is 1. The van der Waals surface area contributed by atoms with Gasteiger partial charge in [-0.05, 0) is 43.3 Å². The molecule has 0 unspecified atom stereocenters. The summed E-state index contributed by atoms with van der Waals surface area (Å²) in [5.41, 5.74) is 2.46. The maximum Gasteiger partial charge on any atom is 0.267 e. The minimum Gasteiger partial charge on any atom is -0.492 e. The third kappa shape index (κ3) is 8.74. The highest BCUT2D eigenvalue weighted by Gasteiger charge is 2.07. The summed E-state index contributed by atoms with van der Waals surface area (Å²) in [6, 6.07) is 5.95. The number of carbonyl (C=O) groups excluding carboxylic acids is 1. The molecule has 1 aromatic carbocycles. The average Bonchev–Trinajstić information content (AvgIpc) is 2.67. The van der Waals surface area contributed by atoms with Crippen molar-refractivity contribution < 1.29 is 14.7 Å². The van der Waals surface area contributed by atoms with Gasteiger partial charge in [0.25, 0.3) is 5.91 Å². The van der Waals surface area contributed by atoms with Gasteiger partial charge in [-0.15, -0.1) is 11.8 Å². The average molecular weight is 381 g/mol. The van der Waals surface area contributed by atoms with Crippen LogP contribution in [0.1, 0.15) is 45.6 Å². The van der Waals surface area contributed by atoms with Crippen LogP contribution in [0.4, 0.5) is 0 Å². The summed E-state index contributed by atoms with van der Waals surface area (Å²) >= 11 is 1.80. The quantitative estimate of drug-likeness (QED) is 0.176. The lowest BCUT2D eigenvalue weighted by molar-refractivity contribution is -0.124. The number of benzene rings is 1. The maximum atomic E-state index is 11.2. The molecular weight excluding hydrogens is 348 g/mol. The van der Waals surface area contributed by atoms with Gasteiger partial charge in [0.05, 0.1) is 6.61 Å². The van der Waals surface area contributed by atoms with E-state index >= 15 is 0 Å². The number of unbranched alkanes of at least 4 members (excludes halogenated alkanes) is 2. The molecule has 1 aromatic rings. The SMILES string of the molecule is CCCCCOc1cc(C=CC(=O)NO)ccc1SCCN(CC)CC. The molecular formula is C20H32N2O3S. The zero-order chi connectivity index (χ0) is 19.2. The van der Waals surface area contributed by atoms with E-state index in [1.165, 1.54) is 6.08 Å². The first-order chi connectivity index (χ1) is 12.6. The number of carbonyl (C=O) groups is 1. The van der Waals surface area contributed by atoms with E-state index in [0.29, 0.717) is 6.61 Å². The summed E-state index contributed by atoms with van der Waals surface area (Å²) in [6.45, 7) is 10.4. The van der Waals surface area contributed by atoms with Gasteiger partial charge in [-0.1, -0.05) is 39.7 Å². The molecule has 0 aliphatic heterocycles. The van der Waals surface area contributed by atoms with Crippen molar-refractivity contribution in [3.05, 3.63) is 29.8 Å². The monoisotopic (exact) mass is 380 g/mol. The Morgan fingerprint density at radius 2 is 2.04 bits per heavy atom. The molecule has 0 radical (unpaired) electrons. The lowest BCUT2D eigenvalue weighted by atomic mass is 10.2. The fourth-order valence-corrected chi connectivity index (χ4v) is 3.42. The van der Waals surface area contributed by atoms with E-state index in [0.717, 1.165) is 60.9 Å². The van der Waals surface area contributed by atoms with Crippen LogP contribution in [0.3, 0.4) is 0 Å². The second-order valence-electron chi connectivity index (χ2n) is 5.95. The lowest BCUT2D eigenvalue weighted by Crippen LogP contribution is -2.25. The predicted molar refractivity (Wildman–Crippen MR) is 109 cm³/mol. The topological polar surface area (TPSA) is 61.8 Å². The van der Waals surface area contributed by atoms with E-state index in [4.69, 9.17) is 9.94 Å². The zero-order valence-electron chi connectivity index (χ0n) is 16.2. The summed E-state index contributed by atoms with van der Waals surface area (Å²) in [4.78, 5) is 14.7. The van der Waals surface area contributed by atoms with Crippen LogP contribution in [0.25, 0.3) is 6.08 Å². The second-order valence-corrected chi connectivity index (χ2v) is 7.08. The second kappa shape index (κ2) is 13.7. The van der Waals surface area contributed by atoms with Crippen LogP contribution in [0.5, 0.6) is 5.75 Å². The molecule has 26 heavy (non-hydrogen) atoms. The fraction of sp³-hybridized carbons (Fsp3) is 0.550. The number of hydrogen-bond donors (Lipinski definition) is 2. The van der Waals surface area contributed by atoms with Gasteiger partial charge in [0.15, 0.2) is 0 Å². The molecule has 0 atom stereocenters. The fourth-order valence-electron chi connectivity index (χ4n) is 2.43. The number of rotatable bonds is 13. The summed E-state index contributed by atoms with van der Waals surface area (Å²) in [5.74, 6) is 1.32. The minimum absolute atomic E-state index is 0.548. The maximum absolute atomic E-state index is 11.2. The summed E-state index contributed by atoms with van der Waals surface area (Å²) in [5, 5.41) is 8.58. The van der Waals surface area contributed by atoms with Crippen molar-refractivity contribution in [2.45, 2.75) is 44.9 Å². The molecule has 1 amide bonds. The van der Waals surface area contributed by atoms with Gasteiger partial charge in [-0.25, -0.2) is 5.48 Å². The molecule has 0 bridgehead atoms. The van der Waals surface area contributed by atoms with Gasteiger partial charge < -0.3 is 9.64 Å². The molecule has 0 heterocycles. The van der Waals surface area contributed by atoms with Gasteiger partial charge in [-0.3, -0.25) is 10.0 Å². The molecule has 0 aliphatic rings. The number of amides is 1. The number of ether oxygens (including phenoxy) is 1. The van der Waals surface area contributed by atoms with E-state index in [-0.39, 0.29) is 0 Å². The first-order valence-electron chi connectivity index (χ1n) is 9.38. The Kier molecular flexibility index (Phi) is 11.9. The van der Waals surface area contributed by atoms with Crippen molar-refractivity contribution in [3.63, 3.8) is 0 Å². The van der Waals surface area contributed by atoms with Crippen LogP contribution >= 0.6 is 11.8 Å². The van der Waals surface area contributed by atoms with Gasteiger partial charge >= 0.3 is 0 Å². The van der Waals surface area contributed by atoms with Crippen molar-refractivity contribution in [1.82, 2.24) is 10.4 Å². The molecule has 6 heteroatoms. The van der Waals surface area contributed by atoms with Crippen LogP contribution in [0, 0.1) is 0 Å². The van der Waals surface area contributed by atoms with E-state index in [9.17, 15) is 4.79 Å². The van der Waals surface area contributed by atoms with Crippen LogP contribution in [-0.4, -0.2) is 48.0 Å². The highest BCUT2D eigenvalue weighted by molar-refractivity contribution is 7.99. The Morgan fingerprint density at radius 1 is 1.27 bits per heavy atom. The van der Waals surface area contributed by atoms with E-state index in [1.54, 1.807) is 23.3 Å². The number of hydrogen-bond acceptors (Lipinski definition) is 5. The molecule has 0 fully saturated rings. The summed E-state index contributed by atoms with van der Waals surface area (Å²) < 4.78 is 6.00. The van der Waals surface area contributed by atoms with Crippen molar-refractivity contribution in [1.29, 1.82) is 0 Å². The number of hydroxylamine groups is 1. The number of thioether (sulfide) groups is 1. The molecule has 2 N–H and O–H groups in total. The predicted octanol–water partition coefficient (Wildman–Crippen LogP) is 4.21. The molecule has 1 rings (SSSR count). The summed E-state index contributed by atoms with van der Waals surface area (Å²) in [7, 11) is 0. The first kappa shape index (κ1) is 22.5. The molecule has 0 saturated heterocycles. The Balaban J connectivity index is 2.78. The normalized spacial score (nSPS) is 11.3. The highest BCUT2D eigenvalue weighted by atomic mass is 32.2. The number of nitrogens with zero attached hydrogens (tertiary/aromatic N) is 1. The largest absolute Gasteiger partial charge is 0.492 e. The van der Waals surface area contributed by atoms with Crippen molar-refractivity contribution in [2.75, 3.05) is 32.0 Å². The van der Waals surface area contributed by atoms with Gasteiger partial charge in [0.1, 0.15) is 5.75 Å². The molecule has 0 saturated carbocycles. The Morgan fingerprint density at radius 3 is 2.69 bits per heavy atom. The summed E-state index contributed by atoms with van der Waals surface area (Å²) in [6.07, 6.45) is 6.31. The molecule has 0 aromatic heterocycles. The first-order valence-corrected chi connectivity index (χ1v) is 10.4. The van der Waals surface area contributed by atoms with Gasteiger partial charge in [-0.2, -0.15) is 0 Å². The lowest BCUT2D eigenvalue weighted by Gasteiger charge is -2.18. The Labute approximate surface area is 161 Å². The molecule has 146 valence electrons. The molecule has 0 spiro atoms. The minimum atomic E-state index is -0.548. The third-order valence-corrected chi connectivity index (χ3v) is 5.11. The third-order valence-electron chi connectivity index (χ3n) is 4.07. The van der Waals surface area contributed by atoms with Crippen molar-refractivity contribution >= 4 is 23.7 Å². The van der Waals surface area contributed by atoms with E-state index in [1.807, 2.05) is 18.2 Å². The Hall–Kier alpha value is -1.50. The molecule has 5 nitrogen and oxygen atoms in total. The van der Waals surface area contributed by atoms with E-state index < -0.39 is 5.91 Å². The van der Waals surface area contributed by atoms with Gasteiger partial charge in [0, 0.05) is 23.3 Å². The van der Waals surface area contributed by atoms with E-state index in [2.05, 4.69) is 25.7 Å². The smallest absolute Gasteiger partial charge is 0.267 e. The zero-order valence-corrected chi connectivity index (χ0v) is 17.0.